The summed E-state index contributed by atoms with van der Waals surface area (Å²) in [7, 11) is 0. The Hall–Kier alpha value is -2.65. The Morgan fingerprint density at radius 3 is 2.31 bits per heavy atom. The van der Waals surface area contributed by atoms with Crippen LogP contribution in [-0.2, 0) is 0 Å². The molecule has 0 atom stereocenters. The minimum atomic E-state index is -0.00154. The van der Waals surface area contributed by atoms with Crippen molar-refractivity contribution >= 4 is 51.0 Å². The highest BCUT2D eigenvalue weighted by Crippen LogP contribution is 2.42. The maximum Gasteiger partial charge on any atom is 0.195 e. The van der Waals surface area contributed by atoms with Crippen molar-refractivity contribution in [2.45, 2.75) is 19.3 Å². The van der Waals surface area contributed by atoms with E-state index in [1.807, 2.05) is 79.2 Å². The summed E-state index contributed by atoms with van der Waals surface area (Å²) in [6, 6.07) is 21.4. The number of thiophene rings is 1. The second-order valence-electron chi connectivity index (χ2n) is 9.39. The number of thioether (sulfide) groups is 1. The largest absolute Gasteiger partial charge is 0.492 e. The zero-order valence-corrected chi connectivity index (χ0v) is 24.8. The van der Waals surface area contributed by atoms with Gasteiger partial charge in [0.25, 0.3) is 0 Å². The molecule has 8 heteroatoms. The van der Waals surface area contributed by atoms with E-state index in [0.717, 1.165) is 57.4 Å². The number of fused-ring (bicyclic) bond motifs is 1. The monoisotopic (exact) mass is 579 g/mol. The molecule has 5 rings (SSSR count). The van der Waals surface area contributed by atoms with Crippen molar-refractivity contribution in [3.63, 3.8) is 0 Å². The normalized spacial score (nSPS) is 13.9. The zero-order chi connectivity index (χ0) is 27.0. The lowest BCUT2D eigenvalue weighted by molar-refractivity contribution is 0.104. The molecule has 0 spiro atoms. The number of nitrogens with zero attached hydrogens (tertiary/aromatic N) is 1. The molecule has 0 aliphatic carbocycles. The average molecular weight is 580 g/mol. The highest BCUT2D eigenvalue weighted by molar-refractivity contribution is 7.98. The fourth-order valence-electron chi connectivity index (χ4n) is 4.80. The number of likely N-dealkylation sites (tertiary alicyclic amines) is 1. The van der Waals surface area contributed by atoms with Crippen LogP contribution in [0.3, 0.4) is 0 Å². The van der Waals surface area contributed by atoms with E-state index < -0.39 is 0 Å². The van der Waals surface area contributed by atoms with E-state index in [1.165, 1.54) is 31.3 Å². The number of hydrogen-bond donors (Lipinski definition) is 0. The second-order valence-corrected chi connectivity index (χ2v) is 11.8. The molecule has 39 heavy (non-hydrogen) atoms. The molecule has 2 heterocycles. The van der Waals surface area contributed by atoms with Gasteiger partial charge in [0.1, 0.15) is 29.8 Å². The number of piperidine rings is 1. The second kappa shape index (κ2) is 13.6. The number of carbonyl (C=O) groups is 1. The van der Waals surface area contributed by atoms with Gasteiger partial charge in [0.2, 0.25) is 0 Å². The van der Waals surface area contributed by atoms with Crippen LogP contribution in [0.1, 0.15) is 35.2 Å². The quantitative estimate of drug-likeness (QED) is 0.0957. The topological polar surface area (TPSA) is 48.0 Å². The van der Waals surface area contributed by atoms with Gasteiger partial charge in [-0.3, -0.25) is 9.69 Å². The van der Waals surface area contributed by atoms with Crippen LogP contribution in [0.2, 0.25) is 0 Å². The first-order valence-corrected chi connectivity index (χ1v) is 16.5. The van der Waals surface area contributed by atoms with Gasteiger partial charge in [-0.15, -0.1) is 23.1 Å². The van der Waals surface area contributed by atoms with E-state index in [2.05, 4.69) is 4.90 Å². The van der Waals surface area contributed by atoms with Crippen molar-refractivity contribution in [1.29, 1.82) is 0 Å². The third-order valence-corrected chi connectivity index (χ3v) is 8.68. The molecule has 0 N–H and O–H groups in total. The number of ketones is 1. The summed E-state index contributed by atoms with van der Waals surface area (Å²) < 4.78 is 18.4. The molecule has 1 aliphatic heterocycles. The molecule has 0 radical (unpaired) electrons. The molecular weight excluding hydrogens is 547 g/mol. The van der Waals surface area contributed by atoms with Crippen LogP contribution in [0.15, 0.2) is 66.7 Å². The molecule has 1 aliphatic rings. The molecule has 5 nitrogen and oxygen atoms in total. The third kappa shape index (κ3) is 6.92. The summed E-state index contributed by atoms with van der Waals surface area (Å²) in [5, 5.41) is 0.933. The molecule has 4 aromatic rings. The molecule has 0 amide bonds. The number of ether oxygens (including phenoxy) is 2. The number of hydrogen-bond acceptors (Lipinski definition) is 8. The van der Waals surface area contributed by atoms with Gasteiger partial charge in [-0.05, 0) is 104 Å². The van der Waals surface area contributed by atoms with E-state index in [4.69, 9.17) is 13.7 Å². The van der Waals surface area contributed by atoms with Crippen molar-refractivity contribution in [3.8, 4) is 27.7 Å². The fraction of sp³-hybridized carbons (Fsp3) is 0.323. The van der Waals surface area contributed by atoms with Gasteiger partial charge in [0, 0.05) is 38.9 Å². The lowest BCUT2D eigenvalue weighted by Crippen LogP contribution is -2.33. The van der Waals surface area contributed by atoms with Crippen molar-refractivity contribution in [2.75, 3.05) is 44.7 Å². The molecule has 0 bridgehead atoms. The Kier molecular flexibility index (Phi) is 9.74. The van der Waals surface area contributed by atoms with Gasteiger partial charge < -0.3 is 13.7 Å². The summed E-state index contributed by atoms with van der Waals surface area (Å²) in [5.41, 5.74) is 2.34. The van der Waals surface area contributed by atoms with E-state index in [1.54, 1.807) is 23.1 Å². The van der Waals surface area contributed by atoms with Crippen LogP contribution < -0.4 is 13.7 Å². The minimum absolute atomic E-state index is 0.00154. The zero-order valence-electron chi connectivity index (χ0n) is 22.3. The van der Waals surface area contributed by atoms with Crippen LogP contribution >= 0.6 is 35.1 Å². The maximum absolute atomic E-state index is 14.0. The first kappa shape index (κ1) is 27.9. The van der Waals surface area contributed by atoms with Crippen molar-refractivity contribution < 1.29 is 18.5 Å². The van der Waals surface area contributed by atoms with E-state index >= 15 is 0 Å². The first-order valence-electron chi connectivity index (χ1n) is 13.2. The SMILES string of the molecule is CSCOc1ccc2c(C(=O)c3ccc(OCCN4CCCCC4)cc3)c(-c3ccc(OSC)cc3)sc2c1. The number of benzene rings is 3. The highest BCUT2D eigenvalue weighted by atomic mass is 32.2. The highest BCUT2D eigenvalue weighted by Gasteiger charge is 2.22. The van der Waals surface area contributed by atoms with Gasteiger partial charge in [0.05, 0.1) is 12.0 Å². The van der Waals surface area contributed by atoms with Crippen molar-refractivity contribution in [1.82, 2.24) is 4.90 Å². The molecule has 1 fully saturated rings. The van der Waals surface area contributed by atoms with E-state index in [-0.39, 0.29) is 5.78 Å². The van der Waals surface area contributed by atoms with Gasteiger partial charge in [-0.2, -0.15) is 0 Å². The Balaban J connectivity index is 1.40. The van der Waals surface area contributed by atoms with Crippen LogP contribution in [0, 0.1) is 0 Å². The Morgan fingerprint density at radius 1 is 0.872 bits per heavy atom. The molecule has 0 unspecified atom stereocenters. The average Bonchev–Trinajstić information content (AvgIpc) is 3.36. The van der Waals surface area contributed by atoms with Gasteiger partial charge in [-0.25, -0.2) is 0 Å². The maximum atomic E-state index is 14.0. The molecule has 1 saturated heterocycles. The smallest absolute Gasteiger partial charge is 0.195 e. The molecule has 3 aromatic carbocycles. The van der Waals surface area contributed by atoms with Gasteiger partial charge in [0.15, 0.2) is 5.78 Å². The molecule has 1 aromatic heterocycles. The lowest BCUT2D eigenvalue weighted by Gasteiger charge is -2.26. The minimum Gasteiger partial charge on any atom is -0.492 e. The fourth-order valence-corrected chi connectivity index (χ4v) is 6.59. The van der Waals surface area contributed by atoms with Crippen LogP contribution in [0.4, 0.5) is 0 Å². The van der Waals surface area contributed by atoms with Crippen LogP contribution in [0.25, 0.3) is 20.5 Å². The Labute approximate surface area is 243 Å². The first-order chi connectivity index (χ1) is 19.2. The number of carbonyl (C=O) groups excluding carboxylic acids is 1. The Morgan fingerprint density at radius 2 is 1.59 bits per heavy atom. The van der Waals surface area contributed by atoms with Crippen LogP contribution in [-0.4, -0.2) is 55.4 Å². The summed E-state index contributed by atoms with van der Waals surface area (Å²) >= 11 is 4.55. The predicted octanol–water partition coefficient (Wildman–Crippen LogP) is 8.02. The van der Waals surface area contributed by atoms with E-state index in [0.29, 0.717) is 23.7 Å². The summed E-state index contributed by atoms with van der Waals surface area (Å²) in [4.78, 5) is 17.4. The van der Waals surface area contributed by atoms with Crippen LogP contribution in [0.5, 0.6) is 17.2 Å². The van der Waals surface area contributed by atoms with Crippen molar-refractivity contribution in [3.05, 3.63) is 77.9 Å². The number of rotatable bonds is 12. The van der Waals surface area contributed by atoms with Crippen molar-refractivity contribution in [2.24, 2.45) is 0 Å². The summed E-state index contributed by atoms with van der Waals surface area (Å²) in [5.74, 6) is 2.96. The third-order valence-electron chi connectivity index (χ3n) is 6.77. The standard InChI is InChI=1S/C31H33NO4S3/c1-37-21-35-26-14-15-27-28(20-26)39-31(23-8-12-25(13-9-23)36-38-2)29(27)30(33)22-6-10-24(11-7-22)34-19-18-32-16-4-3-5-17-32/h6-15,20H,3-5,16-19,21H2,1-2H3. The molecular formula is C31H33NO4S3. The Bertz CT molecular complexity index is 1380. The molecule has 0 saturated carbocycles. The van der Waals surface area contributed by atoms with E-state index in [9.17, 15) is 4.79 Å². The van der Waals surface area contributed by atoms with Gasteiger partial charge in [-0.1, -0.05) is 6.42 Å². The summed E-state index contributed by atoms with van der Waals surface area (Å²) in [6.07, 6.45) is 7.78. The molecule has 204 valence electrons. The predicted molar refractivity (Wildman–Crippen MR) is 166 cm³/mol. The lowest BCUT2D eigenvalue weighted by atomic mass is 9.97. The summed E-state index contributed by atoms with van der Waals surface area (Å²) in [6.45, 7) is 3.91. The van der Waals surface area contributed by atoms with Gasteiger partial charge >= 0.3 is 0 Å².